The van der Waals surface area contributed by atoms with Gasteiger partial charge < -0.3 is 13.3 Å². The highest BCUT2D eigenvalue weighted by Crippen LogP contribution is 2.44. The van der Waals surface area contributed by atoms with Gasteiger partial charge in [0.15, 0.2) is 0 Å². The second-order valence-corrected chi connectivity index (χ2v) is 30.9. The summed E-state index contributed by atoms with van der Waals surface area (Å²) >= 11 is 1.66. The number of hydrogen-bond acceptors (Lipinski definition) is 4. The lowest BCUT2D eigenvalue weighted by atomic mass is 9.82. The second kappa shape index (κ2) is 25.6. The fourth-order valence-corrected chi connectivity index (χ4v) is 14.4. The van der Waals surface area contributed by atoms with Gasteiger partial charge in [0.05, 0.1) is 0 Å². The van der Waals surface area contributed by atoms with E-state index in [2.05, 4.69) is 146 Å². The van der Waals surface area contributed by atoms with E-state index in [-0.39, 0.29) is 27.1 Å². The molecule has 3 nitrogen and oxygen atoms in total. The maximum absolute atomic E-state index is 8.26. The van der Waals surface area contributed by atoms with Crippen molar-refractivity contribution in [1.29, 1.82) is 0 Å². The molecule has 0 atom stereocenters. The minimum Gasteiger partial charge on any atom is -0.456 e. The maximum Gasteiger partial charge on any atom is 0.139 e. The Morgan fingerprint density at radius 1 is 0.376 bits per heavy atom. The van der Waals surface area contributed by atoms with Gasteiger partial charge in [-0.15, -0.1) is 11.3 Å². The van der Waals surface area contributed by atoms with Gasteiger partial charge in [-0.05, 0) is 181 Å². The van der Waals surface area contributed by atoms with Crippen LogP contribution in [0.25, 0.3) is 97.1 Å². The molecule has 0 radical (unpaired) electrons. The Hall–Kier alpha value is -8.18. The van der Waals surface area contributed by atoms with Crippen LogP contribution < -0.4 is 0 Å². The zero-order chi connectivity index (χ0) is 77.1. The monoisotopic (exact) mass is 1260 g/mol. The van der Waals surface area contributed by atoms with E-state index in [0.717, 1.165) is 120 Å². The highest BCUT2D eigenvalue weighted by Gasteiger charge is 2.27. The molecule has 1 aliphatic rings. The van der Waals surface area contributed by atoms with Crippen LogP contribution in [0.5, 0.6) is 0 Å². The van der Waals surface area contributed by atoms with E-state index in [1.807, 2.05) is 140 Å². The normalized spacial score (nSPS) is 15.2. The lowest BCUT2D eigenvalue weighted by molar-refractivity contribution is 0.566. The van der Waals surface area contributed by atoms with Crippen LogP contribution in [0.4, 0.5) is 0 Å². The molecule has 0 N–H and O–H groups in total. The summed E-state index contributed by atoms with van der Waals surface area (Å²) in [7, 11) is 0. The molecule has 0 unspecified atom stereocenters. The predicted molar refractivity (Wildman–Crippen MR) is 406 cm³/mol. The maximum atomic E-state index is 8.26. The van der Waals surface area contributed by atoms with Crippen LogP contribution >= 0.6 is 11.3 Å². The fourth-order valence-electron chi connectivity index (χ4n) is 13.2. The van der Waals surface area contributed by atoms with Gasteiger partial charge in [-0.3, -0.25) is 0 Å². The molecule has 0 saturated heterocycles. The first-order chi connectivity index (χ1) is 48.4. The van der Waals surface area contributed by atoms with Gasteiger partial charge in [0.25, 0.3) is 0 Å². The van der Waals surface area contributed by atoms with E-state index in [4.69, 9.17) is 29.7 Å². The highest BCUT2D eigenvalue weighted by atomic mass is 32.1. The molecule has 0 aliphatic heterocycles. The summed E-state index contributed by atoms with van der Waals surface area (Å²) in [6.45, 7) is 32.0. The molecular weight excluding hydrogens is 1150 g/mol. The van der Waals surface area contributed by atoms with Crippen molar-refractivity contribution >= 4 is 97.3 Å². The number of rotatable bonds is 3. The molecule has 93 heavy (non-hydrogen) atoms. The minimum absolute atomic E-state index is 0.120. The zero-order valence-corrected chi connectivity index (χ0v) is 58.5. The third-order valence-corrected chi connectivity index (χ3v) is 19.0. The molecule has 1 aliphatic carbocycles. The van der Waals surface area contributed by atoms with E-state index in [1.165, 1.54) is 16.7 Å². The number of furan rings is 3. The van der Waals surface area contributed by atoms with Gasteiger partial charge in [0.1, 0.15) is 33.5 Å². The molecule has 0 spiro atoms. The van der Waals surface area contributed by atoms with E-state index >= 15 is 0 Å². The number of hydrogen-bond donors (Lipinski definition) is 0. The van der Waals surface area contributed by atoms with E-state index < -0.39 is 32.8 Å². The van der Waals surface area contributed by atoms with Crippen LogP contribution in [0.1, 0.15) is 208 Å². The number of benzene rings is 10. The zero-order valence-electron chi connectivity index (χ0n) is 69.7. The first kappa shape index (κ1) is 52.2. The van der Waals surface area contributed by atoms with Gasteiger partial charge in [-0.1, -0.05) is 264 Å². The number of aryl methyl sites for hydroxylation is 5. The van der Waals surface area contributed by atoms with Crippen molar-refractivity contribution in [2.45, 2.75) is 191 Å². The second-order valence-electron chi connectivity index (χ2n) is 29.8. The molecular formula is C89H98O3S. The first-order valence-electron chi connectivity index (χ1n) is 38.5. The summed E-state index contributed by atoms with van der Waals surface area (Å²) < 4.78 is 117. The Bertz CT molecular complexity index is 5390. The standard InChI is InChI=1S/3C18H20O.C18H20.C17H18S/c1-5-12-10-17-14(11-15(12)18(2,3)4)13-8-6-7-9-16(13)19-17;1-5-12-15(18(2,3)4)11-10-14-13-8-6-7-9-16(13)19-17(12)14;1-5-12-10-11-14-13-8-6-7-9-15(13)19-17(14)16(12)18(2,3)4;1-12-9-16-14(11-17(12)18(2,3)4)10-13-7-5-6-8-15(13)16;1-11-13(17(2,3)4)9-10-15-16(11)12-7-5-6-8-14(12)18-15/h3*6-11H,5H2,1-4H3;5-9,11H,10H2,1-4H3;5-10H,1-4H3/i3*5D2;2*1D3. The molecule has 15 rings (SSSR count). The summed E-state index contributed by atoms with van der Waals surface area (Å²) in [6.07, 6.45) is -3.34. The van der Waals surface area contributed by atoms with Crippen molar-refractivity contribution in [3.05, 3.63) is 249 Å². The molecule has 478 valence electrons. The van der Waals surface area contributed by atoms with Crippen molar-refractivity contribution in [3.8, 4) is 11.1 Å². The molecule has 4 aromatic heterocycles. The van der Waals surface area contributed by atoms with Crippen LogP contribution in [0.15, 0.2) is 195 Å². The minimum atomic E-state index is -2.11. The highest BCUT2D eigenvalue weighted by molar-refractivity contribution is 7.25. The van der Waals surface area contributed by atoms with Crippen LogP contribution in [0.2, 0.25) is 0 Å². The Morgan fingerprint density at radius 2 is 0.903 bits per heavy atom. The number of para-hydroxylation sites is 3. The van der Waals surface area contributed by atoms with E-state index in [1.54, 1.807) is 32.1 Å². The Labute approximate surface area is 575 Å². The lowest BCUT2D eigenvalue weighted by Gasteiger charge is -2.23. The van der Waals surface area contributed by atoms with Crippen LogP contribution in [-0.2, 0) is 52.6 Å². The molecule has 4 heterocycles. The lowest BCUT2D eigenvalue weighted by Crippen LogP contribution is -2.14. The number of fused-ring (bicyclic) bond motifs is 15. The van der Waals surface area contributed by atoms with Gasteiger partial charge in [0.2, 0.25) is 0 Å². The van der Waals surface area contributed by atoms with Gasteiger partial charge in [0, 0.05) is 74.5 Å². The summed E-state index contributed by atoms with van der Waals surface area (Å²) in [5, 5.41) is 8.27. The van der Waals surface area contributed by atoms with Crippen molar-refractivity contribution < 1.29 is 29.7 Å². The average Bonchev–Trinajstić information content (AvgIpc) is 1.57. The van der Waals surface area contributed by atoms with Crippen LogP contribution in [0.3, 0.4) is 0 Å². The smallest absolute Gasteiger partial charge is 0.139 e. The van der Waals surface area contributed by atoms with Crippen molar-refractivity contribution in [2.75, 3.05) is 0 Å². The summed E-state index contributed by atoms with van der Waals surface area (Å²) in [5.41, 5.74) is 16.7. The summed E-state index contributed by atoms with van der Waals surface area (Å²) in [5.74, 6) is 0. The Kier molecular flexibility index (Phi) is 14.4. The predicted octanol–water partition coefficient (Wildman–Crippen LogP) is 26.9. The van der Waals surface area contributed by atoms with Crippen molar-refractivity contribution in [2.24, 2.45) is 0 Å². The molecule has 0 bridgehead atoms. The van der Waals surface area contributed by atoms with E-state index in [9.17, 15) is 0 Å². The number of thiophene rings is 1. The molecule has 10 aromatic carbocycles. The van der Waals surface area contributed by atoms with Gasteiger partial charge in [-0.25, -0.2) is 0 Å². The first-order valence-corrected chi connectivity index (χ1v) is 33.3. The molecule has 0 amide bonds. The van der Waals surface area contributed by atoms with Gasteiger partial charge >= 0.3 is 0 Å². The Balaban J connectivity index is 0.000000131. The third kappa shape index (κ3) is 13.2. The van der Waals surface area contributed by atoms with Crippen LogP contribution in [0, 0.1) is 13.7 Å². The molecule has 4 heteroatoms. The molecule has 0 fully saturated rings. The third-order valence-electron chi connectivity index (χ3n) is 17.9. The average molecular weight is 1260 g/mol. The topological polar surface area (TPSA) is 39.4 Å². The van der Waals surface area contributed by atoms with Crippen LogP contribution in [-0.4, -0.2) is 0 Å². The summed E-state index contributed by atoms with van der Waals surface area (Å²) in [4.78, 5) is 0. The van der Waals surface area contributed by atoms with Crippen molar-refractivity contribution in [1.82, 2.24) is 0 Å². The molecule has 0 saturated carbocycles. The van der Waals surface area contributed by atoms with Crippen molar-refractivity contribution in [3.63, 3.8) is 0 Å². The fraction of sp³-hybridized carbons (Fsp3) is 0.326. The molecule has 14 aromatic rings. The SMILES string of the molecule is [2H]C([2H])(C)c1c(C(C)(C)C)ccc2c1oc1ccccc12.[2H]C([2H])(C)c1cc2oc3ccccc3c2cc1C(C)(C)C.[2H]C([2H])(C)c1ccc2c(oc3ccccc32)c1C(C)(C)C.[2H]C([2H])([2H])c1c(C(C)(C)C)ccc2sc3ccccc3c12.[2H]C([2H])([2H])c1cc2c(cc1C(C)(C)C)Cc1ccccc1-2. The quantitative estimate of drug-likeness (QED) is 0.177. The Morgan fingerprint density at radius 3 is 1.48 bits per heavy atom. The largest absolute Gasteiger partial charge is 0.456 e. The van der Waals surface area contributed by atoms with Gasteiger partial charge in [-0.2, -0.15) is 0 Å². The van der Waals surface area contributed by atoms with E-state index in [0.29, 0.717) is 33.4 Å². The summed E-state index contributed by atoms with van der Waals surface area (Å²) in [6, 6.07) is 60.1.